The molecule has 3 aromatic rings. The van der Waals surface area contributed by atoms with Crippen LogP contribution < -0.4 is 4.74 Å². The van der Waals surface area contributed by atoms with Gasteiger partial charge in [-0.25, -0.2) is 9.50 Å². The number of aromatic nitrogens is 5. The minimum atomic E-state index is -0.571. The number of hydrogen-bond donors (Lipinski definition) is 1. The summed E-state index contributed by atoms with van der Waals surface area (Å²) in [5.41, 5.74) is 2.55. The zero-order valence-corrected chi connectivity index (χ0v) is 15.1. The molecule has 3 aromatic heterocycles. The van der Waals surface area contributed by atoms with Crippen LogP contribution in [0.2, 0.25) is 0 Å². The molecule has 1 aliphatic heterocycles. The first-order valence-corrected chi connectivity index (χ1v) is 9.19. The molecular weight excluding hydrogens is 344 g/mol. The standard InChI is InChI=1S/C19H22N6O2/c1-3-18(26)24-10-12-6-14(7-17(12)24)27-19-16-4-5-20-25(16)11-15(22-19)13-8-21-23(2)9-13/h3-5,8-9,11-12,14,17-18,26H,1,6-7,10H2,2H3. The molecule has 1 aliphatic carbocycles. The lowest BCUT2D eigenvalue weighted by Crippen LogP contribution is -2.57. The van der Waals surface area contributed by atoms with E-state index in [0.717, 1.165) is 36.2 Å². The van der Waals surface area contributed by atoms with Crippen molar-refractivity contribution in [3.05, 3.63) is 43.5 Å². The van der Waals surface area contributed by atoms with E-state index in [1.165, 1.54) is 0 Å². The number of aliphatic hydroxyl groups excluding tert-OH is 1. The van der Waals surface area contributed by atoms with Crippen LogP contribution in [0.5, 0.6) is 5.88 Å². The van der Waals surface area contributed by atoms with Gasteiger partial charge in [0.25, 0.3) is 0 Å². The van der Waals surface area contributed by atoms with E-state index in [0.29, 0.717) is 17.8 Å². The molecule has 0 amide bonds. The molecule has 0 spiro atoms. The number of likely N-dealkylation sites (tertiary alicyclic amines) is 1. The topological polar surface area (TPSA) is 80.7 Å². The van der Waals surface area contributed by atoms with Gasteiger partial charge in [-0.1, -0.05) is 6.58 Å². The van der Waals surface area contributed by atoms with Crippen molar-refractivity contribution in [1.82, 2.24) is 29.3 Å². The maximum Gasteiger partial charge on any atom is 0.240 e. The lowest BCUT2D eigenvalue weighted by Gasteiger charge is -2.46. The fourth-order valence-corrected chi connectivity index (χ4v) is 4.29. The lowest BCUT2D eigenvalue weighted by molar-refractivity contribution is -0.0742. The van der Waals surface area contributed by atoms with E-state index >= 15 is 0 Å². The van der Waals surface area contributed by atoms with Gasteiger partial charge >= 0.3 is 0 Å². The first kappa shape index (κ1) is 16.5. The Balaban J connectivity index is 1.41. The highest BCUT2D eigenvalue weighted by atomic mass is 16.5. The summed E-state index contributed by atoms with van der Waals surface area (Å²) in [5.74, 6) is 1.16. The van der Waals surface area contributed by atoms with Gasteiger partial charge in [-0.05, 0) is 24.5 Å². The minimum absolute atomic E-state index is 0.0809. The summed E-state index contributed by atoms with van der Waals surface area (Å²) < 4.78 is 9.87. The zero-order chi connectivity index (χ0) is 18.5. The summed E-state index contributed by atoms with van der Waals surface area (Å²) in [6.07, 6.45) is 10.3. The Kier molecular flexibility index (Phi) is 3.76. The first-order chi connectivity index (χ1) is 13.1. The van der Waals surface area contributed by atoms with Gasteiger partial charge in [0.2, 0.25) is 5.88 Å². The van der Waals surface area contributed by atoms with Crippen molar-refractivity contribution in [2.24, 2.45) is 13.0 Å². The highest BCUT2D eigenvalue weighted by Crippen LogP contribution is 2.42. The summed E-state index contributed by atoms with van der Waals surface area (Å²) in [5, 5.41) is 18.6. The fourth-order valence-electron chi connectivity index (χ4n) is 4.29. The molecule has 4 atom stereocenters. The largest absolute Gasteiger partial charge is 0.473 e. The van der Waals surface area contributed by atoms with Gasteiger partial charge in [-0.3, -0.25) is 9.58 Å². The highest BCUT2D eigenvalue weighted by Gasteiger charge is 2.48. The molecule has 4 unspecified atom stereocenters. The van der Waals surface area contributed by atoms with Crippen LogP contribution in [0.25, 0.3) is 16.8 Å². The molecule has 2 fully saturated rings. The van der Waals surface area contributed by atoms with Crippen molar-refractivity contribution in [3.8, 4) is 17.1 Å². The van der Waals surface area contributed by atoms with Crippen LogP contribution in [0.15, 0.2) is 43.5 Å². The molecule has 27 heavy (non-hydrogen) atoms. The van der Waals surface area contributed by atoms with Gasteiger partial charge in [-0.2, -0.15) is 10.2 Å². The summed E-state index contributed by atoms with van der Waals surface area (Å²) in [4.78, 5) is 6.82. The first-order valence-electron chi connectivity index (χ1n) is 9.19. The molecule has 8 nitrogen and oxygen atoms in total. The number of hydrogen-bond acceptors (Lipinski definition) is 6. The van der Waals surface area contributed by atoms with Gasteiger partial charge in [-0.15, -0.1) is 0 Å². The number of nitrogens with zero attached hydrogens (tertiary/aromatic N) is 6. The lowest BCUT2D eigenvalue weighted by atomic mass is 9.92. The zero-order valence-electron chi connectivity index (χ0n) is 15.1. The van der Waals surface area contributed by atoms with Crippen LogP contribution in [0, 0.1) is 5.92 Å². The maximum atomic E-state index is 10.0. The quantitative estimate of drug-likeness (QED) is 0.689. The van der Waals surface area contributed by atoms with Crippen molar-refractivity contribution in [2.45, 2.75) is 31.2 Å². The second kappa shape index (κ2) is 6.17. The van der Waals surface area contributed by atoms with Gasteiger partial charge in [0.15, 0.2) is 0 Å². The van der Waals surface area contributed by atoms with Crippen molar-refractivity contribution in [1.29, 1.82) is 0 Å². The third kappa shape index (κ3) is 2.72. The molecule has 1 saturated heterocycles. The Hall–Kier alpha value is -2.71. The number of rotatable bonds is 5. The second-order valence-corrected chi connectivity index (χ2v) is 7.38. The van der Waals surface area contributed by atoms with Crippen LogP contribution in [0.4, 0.5) is 0 Å². The Morgan fingerprint density at radius 1 is 1.33 bits per heavy atom. The SMILES string of the molecule is C=CC(O)N1CC2CC(Oc3nc(-c4cnn(C)c4)cn4nccc34)CC21. The molecular formula is C19H22N6O2. The third-order valence-corrected chi connectivity index (χ3v) is 5.67. The van der Waals surface area contributed by atoms with E-state index in [4.69, 9.17) is 9.72 Å². The average Bonchev–Trinajstić information content (AvgIpc) is 3.36. The monoisotopic (exact) mass is 366 g/mol. The fraction of sp³-hybridized carbons (Fsp3) is 0.421. The average molecular weight is 366 g/mol. The molecule has 0 aromatic carbocycles. The van der Waals surface area contributed by atoms with Crippen molar-refractivity contribution in [2.75, 3.05) is 6.54 Å². The third-order valence-electron chi connectivity index (χ3n) is 5.67. The molecule has 5 rings (SSSR count). The van der Waals surface area contributed by atoms with E-state index < -0.39 is 6.23 Å². The van der Waals surface area contributed by atoms with Crippen molar-refractivity contribution >= 4 is 5.52 Å². The van der Waals surface area contributed by atoms with Gasteiger partial charge in [0.1, 0.15) is 17.8 Å². The second-order valence-electron chi connectivity index (χ2n) is 7.38. The number of fused-ring (bicyclic) bond motifs is 2. The molecule has 0 bridgehead atoms. The predicted octanol–water partition coefficient (Wildman–Crippen LogP) is 1.48. The van der Waals surface area contributed by atoms with Gasteiger partial charge < -0.3 is 9.84 Å². The van der Waals surface area contributed by atoms with E-state index in [2.05, 4.69) is 21.7 Å². The minimum Gasteiger partial charge on any atom is -0.473 e. The van der Waals surface area contributed by atoms with E-state index in [-0.39, 0.29) is 6.10 Å². The molecule has 2 aliphatic rings. The molecule has 140 valence electrons. The van der Waals surface area contributed by atoms with Crippen molar-refractivity contribution < 1.29 is 9.84 Å². The normalized spacial score (nSPS) is 25.9. The number of aliphatic hydroxyl groups is 1. The molecule has 8 heteroatoms. The summed E-state index contributed by atoms with van der Waals surface area (Å²) >= 11 is 0. The molecule has 1 N–H and O–H groups in total. The summed E-state index contributed by atoms with van der Waals surface area (Å²) in [6.45, 7) is 4.58. The Morgan fingerprint density at radius 2 is 2.22 bits per heavy atom. The van der Waals surface area contributed by atoms with E-state index in [1.807, 2.05) is 25.5 Å². The maximum absolute atomic E-state index is 10.0. The molecule has 0 radical (unpaired) electrons. The van der Waals surface area contributed by atoms with Gasteiger partial charge in [0, 0.05) is 37.8 Å². The molecule has 4 heterocycles. The van der Waals surface area contributed by atoms with Crippen LogP contribution in [0.3, 0.4) is 0 Å². The van der Waals surface area contributed by atoms with E-state index in [9.17, 15) is 5.11 Å². The summed E-state index contributed by atoms with van der Waals surface area (Å²) in [6, 6.07) is 2.26. The van der Waals surface area contributed by atoms with Crippen LogP contribution in [0.1, 0.15) is 12.8 Å². The van der Waals surface area contributed by atoms with Crippen molar-refractivity contribution in [3.63, 3.8) is 0 Å². The smallest absolute Gasteiger partial charge is 0.240 e. The Bertz CT molecular complexity index is 995. The van der Waals surface area contributed by atoms with Crippen LogP contribution in [-0.4, -0.2) is 59.3 Å². The van der Waals surface area contributed by atoms with E-state index in [1.54, 1.807) is 27.7 Å². The summed E-state index contributed by atoms with van der Waals surface area (Å²) in [7, 11) is 1.88. The van der Waals surface area contributed by atoms with Crippen LogP contribution >= 0.6 is 0 Å². The van der Waals surface area contributed by atoms with Gasteiger partial charge in [0.05, 0.1) is 24.3 Å². The highest BCUT2D eigenvalue weighted by molar-refractivity contribution is 5.63. The van der Waals surface area contributed by atoms with Crippen LogP contribution in [-0.2, 0) is 7.05 Å². The predicted molar refractivity (Wildman–Crippen MR) is 99.0 cm³/mol. The number of aryl methyl sites for hydroxylation is 1. The molecule has 1 saturated carbocycles. The Labute approximate surface area is 156 Å². The number of ether oxygens (including phenoxy) is 1. The Morgan fingerprint density at radius 3 is 3.00 bits per heavy atom.